The van der Waals surface area contributed by atoms with E-state index < -0.39 is 10.7 Å². The molecule has 0 radical (unpaired) electrons. The van der Waals surface area contributed by atoms with Crippen molar-refractivity contribution in [3.63, 3.8) is 0 Å². The van der Waals surface area contributed by atoms with Gasteiger partial charge in [-0.05, 0) is 24.6 Å². The minimum atomic E-state index is -0.584. The van der Waals surface area contributed by atoms with E-state index in [-0.39, 0.29) is 17.3 Å². The summed E-state index contributed by atoms with van der Waals surface area (Å²) in [4.78, 5) is 18.3. The van der Waals surface area contributed by atoms with Crippen molar-refractivity contribution in [1.29, 1.82) is 0 Å². The Kier molecular flexibility index (Phi) is 3.37. The van der Waals surface area contributed by atoms with E-state index in [2.05, 4.69) is 15.3 Å². The van der Waals surface area contributed by atoms with E-state index in [0.717, 1.165) is 6.20 Å². The van der Waals surface area contributed by atoms with Crippen LogP contribution in [0.3, 0.4) is 0 Å². The summed E-state index contributed by atoms with van der Waals surface area (Å²) in [6.07, 6.45) is 1.11. The molecule has 2 aromatic rings. The second-order valence-corrected chi connectivity index (χ2v) is 3.89. The number of hydrogen-bond acceptors (Lipinski definition) is 5. The summed E-state index contributed by atoms with van der Waals surface area (Å²) in [6.45, 7) is 1.74. The fourth-order valence-corrected chi connectivity index (χ4v) is 1.68. The Labute approximate surface area is 108 Å². The van der Waals surface area contributed by atoms with E-state index in [1.807, 2.05) is 0 Å². The third kappa shape index (κ3) is 2.49. The smallest absolute Gasteiger partial charge is 0.313 e. The van der Waals surface area contributed by atoms with Crippen molar-refractivity contribution in [2.24, 2.45) is 0 Å². The first kappa shape index (κ1) is 12.9. The van der Waals surface area contributed by atoms with E-state index >= 15 is 0 Å². The van der Waals surface area contributed by atoms with Gasteiger partial charge in [0.05, 0.1) is 4.92 Å². The molecule has 0 aliphatic heterocycles. The van der Waals surface area contributed by atoms with Crippen molar-refractivity contribution in [2.75, 3.05) is 12.4 Å². The number of aromatic nitrogens is 2. The number of nitro groups is 1. The van der Waals surface area contributed by atoms with Crippen LogP contribution in [-0.4, -0.2) is 21.9 Å². The number of nitrogens with zero attached hydrogens (tertiary/aromatic N) is 3. The van der Waals surface area contributed by atoms with Gasteiger partial charge in [-0.15, -0.1) is 0 Å². The third-order valence-electron chi connectivity index (χ3n) is 2.64. The highest BCUT2D eigenvalue weighted by molar-refractivity contribution is 5.72. The molecule has 0 unspecified atom stereocenters. The average Bonchev–Trinajstić information content (AvgIpc) is 2.40. The van der Waals surface area contributed by atoms with Crippen molar-refractivity contribution in [1.82, 2.24) is 9.97 Å². The molecule has 0 spiro atoms. The number of anilines is 1. The zero-order valence-corrected chi connectivity index (χ0v) is 10.3. The SMILES string of the molecule is CNc1ncc([N+](=O)[O-])c(-c2cc(F)ccc2C)n1. The van der Waals surface area contributed by atoms with Gasteiger partial charge in [0.25, 0.3) is 0 Å². The Morgan fingerprint density at radius 1 is 1.42 bits per heavy atom. The van der Waals surface area contributed by atoms with Crippen LogP contribution in [0.1, 0.15) is 5.56 Å². The monoisotopic (exact) mass is 262 g/mol. The molecule has 0 aliphatic rings. The highest BCUT2D eigenvalue weighted by atomic mass is 19.1. The van der Waals surface area contributed by atoms with Crippen molar-refractivity contribution in [3.8, 4) is 11.3 Å². The molecule has 0 saturated heterocycles. The standard InChI is InChI=1S/C12H11FN4O2/c1-7-3-4-8(13)5-9(7)11-10(17(18)19)6-15-12(14-2)16-11/h3-6H,1-2H3,(H,14,15,16). The maximum Gasteiger partial charge on any atom is 0.313 e. The molecule has 6 nitrogen and oxygen atoms in total. The number of nitrogens with one attached hydrogen (secondary N) is 1. The largest absolute Gasteiger partial charge is 0.357 e. The van der Waals surface area contributed by atoms with E-state index in [0.29, 0.717) is 11.1 Å². The molecule has 1 aromatic heterocycles. The summed E-state index contributed by atoms with van der Waals surface area (Å²) in [5.41, 5.74) is 0.921. The van der Waals surface area contributed by atoms with Crippen LogP contribution in [0.2, 0.25) is 0 Å². The third-order valence-corrected chi connectivity index (χ3v) is 2.64. The van der Waals surface area contributed by atoms with E-state index in [4.69, 9.17) is 0 Å². The molecule has 0 aliphatic carbocycles. The van der Waals surface area contributed by atoms with E-state index in [9.17, 15) is 14.5 Å². The lowest BCUT2D eigenvalue weighted by Gasteiger charge is -2.07. The van der Waals surface area contributed by atoms with Gasteiger partial charge in [0, 0.05) is 12.6 Å². The van der Waals surface area contributed by atoms with Gasteiger partial charge in [0.1, 0.15) is 12.0 Å². The summed E-state index contributed by atoms with van der Waals surface area (Å²) in [7, 11) is 1.60. The first-order valence-corrected chi connectivity index (χ1v) is 5.48. The lowest BCUT2D eigenvalue weighted by molar-refractivity contribution is -0.384. The molecule has 0 bridgehead atoms. The zero-order valence-electron chi connectivity index (χ0n) is 10.3. The zero-order chi connectivity index (χ0) is 14.0. The second-order valence-electron chi connectivity index (χ2n) is 3.89. The summed E-state index contributed by atoms with van der Waals surface area (Å²) in [5, 5.41) is 13.7. The van der Waals surface area contributed by atoms with Crippen LogP contribution < -0.4 is 5.32 Å². The summed E-state index contributed by atoms with van der Waals surface area (Å²) in [6, 6.07) is 4.07. The van der Waals surface area contributed by atoms with Crippen LogP contribution in [0.15, 0.2) is 24.4 Å². The second kappa shape index (κ2) is 4.97. The van der Waals surface area contributed by atoms with Crippen molar-refractivity contribution in [3.05, 3.63) is 45.9 Å². The van der Waals surface area contributed by atoms with Crippen molar-refractivity contribution < 1.29 is 9.31 Å². The quantitative estimate of drug-likeness (QED) is 0.679. The molecule has 98 valence electrons. The minimum Gasteiger partial charge on any atom is -0.357 e. The Balaban J connectivity index is 2.71. The molecule has 7 heteroatoms. The van der Waals surface area contributed by atoms with Gasteiger partial charge < -0.3 is 5.32 Å². The van der Waals surface area contributed by atoms with Gasteiger partial charge in [-0.2, -0.15) is 0 Å². The summed E-state index contributed by atoms with van der Waals surface area (Å²) >= 11 is 0. The molecule has 1 aromatic carbocycles. The van der Waals surface area contributed by atoms with Crippen LogP contribution in [-0.2, 0) is 0 Å². The first-order valence-electron chi connectivity index (χ1n) is 5.48. The van der Waals surface area contributed by atoms with Crippen LogP contribution in [0.25, 0.3) is 11.3 Å². The van der Waals surface area contributed by atoms with E-state index in [1.54, 1.807) is 20.0 Å². The first-order chi connectivity index (χ1) is 9.02. The molecule has 0 amide bonds. The molecule has 2 rings (SSSR count). The Morgan fingerprint density at radius 3 is 2.79 bits per heavy atom. The Hall–Kier alpha value is -2.57. The highest BCUT2D eigenvalue weighted by Crippen LogP contribution is 2.30. The normalized spacial score (nSPS) is 10.3. The van der Waals surface area contributed by atoms with Gasteiger partial charge in [-0.1, -0.05) is 6.07 Å². The molecule has 0 atom stereocenters. The topological polar surface area (TPSA) is 81.0 Å². The molecular formula is C12H11FN4O2. The van der Waals surface area contributed by atoms with Crippen LogP contribution in [0.4, 0.5) is 16.0 Å². The fraction of sp³-hybridized carbons (Fsp3) is 0.167. The lowest BCUT2D eigenvalue weighted by atomic mass is 10.0. The fourth-order valence-electron chi connectivity index (χ4n) is 1.68. The average molecular weight is 262 g/mol. The van der Waals surface area contributed by atoms with Gasteiger partial charge in [-0.3, -0.25) is 10.1 Å². The van der Waals surface area contributed by atoms with Gasteiger partial charge in [-0.25, -0.2) is 14.4 Å². The van der Waals surface area contributed by atoms with Gasteiger partial charge >= 0.3 is 5.69 Å². The molecule has 1 heterocycles. The van der Waals surface area contributed by atoms with Crippen LogP contribution in [0, 0.1) is 22.9 Å². The van der Waals surface area contributed by atoms with Crippen LogP contribution in [0.5, 0.6) is 0 Å². The number of aryl methyl sites for hydroxylation is 1. The number of benzene rings is 1. The van der Waals surface area contributed by atoms with Gasteiger partial charge in [0.2, 0.25) is 5.95 Å². The molecule has 0 fully saturated rings. The predicted molar refractivity (Wildman–Crippen MR) is 68.4 cm³/mol. The van der Waals surface area contributed by atoms with Gasteiger partial charge in [0.15, 0.2) is 5.69 Å². The minimum absolute atomic E-state index is 0.0985. The molecular weight excluding hydrogens is 251 g/mol. The van der Waals surface area contributed by atoms with Crippen molar-refractivity contribution >= 4 is 11.6 Å². The number of hydrogen-bond donors (Lipinski definition) is 1. The van der Waals surface area contributed by atoms with Crippen molar-refractivity contribution in [2.45, 2.75) is 6.92 Å². The lowest BCUT2D eigenvalue weighted by Crippen LogP contribution is -2.02. The maximum atomic E-state index is 13.3. The van der Waals surface area contributed by atoms with Crippen LogP contribution >= 0.6 is 0 Å². The Morgan fingerprint density at radius 2 is 2.16 bits per heavy atom. The maximum absolute atomic E-state index is 13.3. The predicted octanol–water partition coefficient (Wildman–Crippen LogP) is 2.54. The molecule has 19 heavy (non-hydrogen) atoms. The highest BCUT2D eigenvalue weighted by Gasteiger charge is 2.20. The molecule has 1 N–H and O–H groups in total. The Bertz CT molecular complexity index is 646. The van der Waals surface area contributed by atoms with E-state index in [1.165, 1.54) is 12.1 Å². The summed E-state index contributed by atoms with van der Waals surface area (Å²) < 4.78 is 13.3. The summed E-state index contributed by atoms with van der Waals surface area (Å²) in [5.74, 6) is -0.233. The number of rotatable bonds is 3. The number of halogens is 1. The molecule has 0 saturated carbocycles.